The smallest absolute Gasteiger partial charge is 0.190 e. The summed E-state index contributed by atoms with van der Waals surface area (Å²) in [7, 11) is 1.76. The van der Waals surface area contributed by atoms with Crippen LogP contribution in [0.1, 0.15) is 19.1 Å². The van der Waals surface area contributed by atoms with Crippen LogP contribution < -0.4 is 10.6 Å². The fourth-order valence-corrected chi connectivity index (χ4v) is 2.09. The van der Waals surface area contributed by atoms with Crippen LogP contribution in [-0.4, -0.2) is 45.1 Å². The third kappa shape index (κ3) is 6.23. The van der Waals surface area contributed by atoms with E-state index in [-0.39, 0.29) is 24.0 Å². The van der Waals surface area contributed by atoms with Crippen molar-refractivity contribution in [3.05, 3.63) is 24.2 Å². The van der Waals surface area contributed by atoms with E-state index < -0.39 is 5.79 Å². The van der Waals surface area contributed by atoms with Gasteiger partial charge in [-0.25, -0.2) is 0 Å². The Hall–Kier alpha value is -0.800. The summed E-state index contributed by atoms with van der Waals surface area (Å²) in [6.45, 7) is 4.84. The van der Waals surface area contributed by atoms with Crippen LogP contribution in [0, 0.1) is 0 Å². The highest BCUT2D eigenvalue weighted by Gasteiger charge is 2.30. The summed E-state index contributed by atoms with van der Waals surface area (Å²) in [5.74, 6) is 1.28. The molecule has 2 N–H and O–H groups in total. The fraction of sp³-hybridized carbons (Fsp3) is 0.643. The van der Waals surface area contributed by atoms with E-state index in [4.69, 9.17) is 13.9 Å². The molecular formula is C14H24IN3O3. The highest BCUT2D eigenvalue weighted by Crippen LogP contribution is 2.21. The predicted octanol–water partition coefficient (Wildman–Crippen LogP) is 1.76. The number of nitrogens with zero attached hydrogens (tertiary/aromatic N) is 1. The monoisotopic (exact) mass is 409 g/mol. The Morgan fingerprint density at radius 3 is 2.62 bits per heavy atom. The number of guanidine groups is 1. The van der Waals surface area contributed by atoms with E-state index in [0.717, 1.165) is 37.7 Å². The van der Waals surface area contributed by atoms with Crippen molar-refractivity contribution < 1.29 is 13.9 Å². The van der Waals surface area contributed by atoms with Crippen molar-refractivity contribution in [2.75, 3.05) is 33.4 Å². The average Bonchev–Trinajstić information content (AvgIpc) is 3.09. The molecule has 0 unspecified atom stereocenters. The van der Waals surface area contributed by atoms with E-state index in [1.807, 2.05) is 19.1 Å². The van der Waals surface area contributed by atoms with Crippen LogP contribution in [0.15, 0.2) is 27.8 Å². The summed E-state index contributed by atoms with van der Waals surface area (Å²) >= 11 is 0. The molecule has 0 bridgehead atoms. The Morgan fingerprint density at radius 2 is 2.00 bits per heavy atom. The van der Waals surface area contributed by atoms with Crippen LogP contribution in [0.2, 0.25) is 0 Å². The quantitative estimate of drug-likeness (QED) is 0.426. The number of halogens is 1. The molecule has 0 amide bonds. The SMILES string of the molecule is CN=C(NCCc1ccco1)NCCC1(C)OCCO1.I. The van der Waals surface area contributed by atoms with Crippen molar-refractivity contribution in [1.82, 2.24) is 10.6 Å². The lowest BCUT2D eigenvalue weighted by Gasteiger charge is -2.22. The molecule has 1 fully saturated rings. The van der Waals surface area contributed by atoms with Gasteiger partial charge in [-0.3, -0.25) is 4.99 Å². The molecule has 0 spiro atoms. The van der Waals surface area contributed by atoms with Crippen LogP contribution in [0.4, 0.5) is 0 Å². The number of nitrogens with one attached hydrogen (secondary N) is 2. The third-order valence-electron chi connectivity index (χ3n) is 3.24. The number of hydrogen-bond donors (Lipinski definition) is 2. The molecule has 120 valence electrons. The Labute approximate surface area is 142 Å². The van der Waals surface area contributed by atoms with Gasteiger partial charge in [-0.05, 0) is 19.1 Å². The van der Waals surface area contributed by atoms with E-state index in [0.29, 0.717) is 13.2 Å². The van der Waals surface area contributed by atoms with Gasteiger partial charge in [0.25, 0.3) is 0 Å². The number of aliphatic imine (C=N–C) groups is 1. The molecule has 1 aliphatic rings. The Bertz CT molecular complexity index is 417. The van der Waals surface area contributed by atoms with E-state index in [9.17, 15) is 0 Å². The second-order valence-corrected chi connectivity index (χ2v) is 4.84. The van der Waals surface area contributed by atoms with Crippen molar-refractivity contribution >= 4 is 29.9 Å². The van der Waals surface area contributed by atoms with Crippen molar-refractivity contribution in [2.45, 2.75) is 25.6 Å². The molecule has 0 atom stereocenters. The maximum Gasteiger partial charge on any atom is 0.190 e. The van der Waals surface area contributed by atoms with Crippen LogP contribution in [0.25, 0.3) is 0 Å². The molecule has 0 aromatic carbocycles. The first kappa shape index (κ1) is 18.2. The Kier molecular flexibility index (Phi) is 8.05. The topological polar surface area (TPSA) is 68.0 Å². The van der Waals surface area contributed by atoms with Gasteiger partial charge in [-0.15, -0.1) is 24.0 Å². The molecule has 1 saturated heterocycles. The largest absolute Gasteiger partial charge is 0.469 e. The summed E-state index contributed by atoms with van der Waals surface area (Å²) in [5, 5.41) is 6.49. The highest BCUT2D eigenvalue weighted by atomic mass is 127. The van der Waals surface area contributed by atoms with Gasteiger partial charge in [0, 0.05) is 33.0 Å². The van der Waals surface area contributed by atoms with Crippen molar-refractivity contribution in [1.29, 1.82) is 0 Å². The molecule has 6 nitrogen and oxygen atoms in total. The molecule has 0 saturated carbocycles. The van der Waals surface area contributed by atoms with Gasteiger partial charge in [0.05, 0.1) is 19.5 Å². The lowest BCUT2D eigenvalue weighted by atomic mass is 10.2. The number of ether oxygens (including phenoxy) is 2. The van der Waals surface area contributed by atoms with Crippen LogP contribution >= 0.6 is 24.0 Å². The minimum absolute atomic E-state index is 0. The van der Waals surface area contributed by atoms with E-state index in [2.05, 4.69) is 15.6 Å². The first-order valence-electron chi connectivity index (χ1n) is 6.97. The maximum atomic E-state index is 5.55. The van der Waals surface area contributed by atoms with Gasteiger partial charge in [-0.1, -0.05) is 0 Å². The molecule has 7 heteroatoms. The minimum atomic E-state index is -0.458. The zero-order valence-corrected chi connectivity index (χ0v) is 14.9. The molecule has 21 heavy (non-hydrogen) atoms. The highest BCUT2D eigenvalue weighted by molar-refractivity contribution is 14.0. The van der Waals surface area contributed by atoms with Gasteiger partial charge in [-0.2, -0.15) is 0 Å². The molecule has 2 rings (SSSR count). The molecule has 1 aromatic rings. The molecule has 2 heterocycles. The summed E-state index contributed by atoms with van der Waals surface area (Å²) in [6.07, 6.45) is 3.30. The van der Waals surface area contributed by atoms with Gasteiger partial charge in [0.2, 0.25) is 0 Å². The van der Waals surface area contributed by atoms with E-state index >= 15 is 0 Å². The van der Waals surface area contributed by atoms with Crippen molar-refractivity contribution in [2.24, 2.45) is 4.99 Å². The lowest BCUT2D eigenvalue weighted by Crippen LogP contribution is -2.41. The summed E-state index contributed by atoms with van der Waals surface area (Å²) in [5.41, 5.74) is 0. The number of rotatable bonds is 6. The zero-order chi connectivity index (χ0) is 14.3. The maximum absolute atomic E-state index is 5.55. The summed E-state index contributed by atoms with van der Waals surface area (Å²) in [4.78, 5) is 4.18. The number of hydrogen-bond acceptors (Lipinski definition) is 4. The van der Waals surface area contributed by atoms with Gasteiger partial charge < -0.3 is 24.5 Å². The Balaban J connectivity index is 0.00000220. The van der Waals surface area contributed by atoms with Gasteiger partial charge in [0.15, 0.2) is 11.7 Å². The fourth-order valence-electron chi connectivity index (χ4n) is 2.09. The molecule has 1 aromatic heterocycles. The molecule has 0 aliphatic carbocycles. The predicted molar refractivity (Wildman–Crippen MR) is 92.1 cm³/mol. The Morgan fingerprint density at radius 1 is 1.29 bits per heavy atom. The molecule has 1 aliphatic heterocycles. The minimum Gasteiger partial charge on any atom is -0.469 e. The van der Waals surface area contributed by atoms with Crippen molar-refractivity contribution in [3.8, 4) is 0 Å². The van der Waals surface area contributed by atoms with Crippen LogP contribution in [0.3, 0.4) is 0 Å². The van der Waals surface area contributed by atoms with Crippen LogP contribution in [-0.2, 0) is 15.9 Å². The first-order chi connectivity index (χ1) is 9.72. The normalized spacial score (nSPS) is 17.3. The van der Waals surface area contributed by atoms with E-state index in [1.165, 1.54) is 0 Å². The molecule has 0 radical (unpaired) electrons. The standard InChI is InChI=1S/C14H23N3O3.HI/c1-14(19-10-11-20-14)6-8-17-13(15-2)16-7-5-12-4-3-9-18-12;/h3-4,9H,5-8,10-11H2,1-2H3,(H2,15,16,17);1H. The van der Waals surface area contributed by atoms with Crippen LogP contribution in [0.5, 0.6) is 0 Å². The van der Waals surface area contributed by atoms with Crippen molar-refractivity contribution in [3.63, 3.8) is 0 Å². The average molecular weight is 409 g/mol. The first-order valence-corrected chi connectivity index (χ1v) is 6.97. The summed E-state index contributed by atoms with van der Waals surface area (Å²) < 4.78 is 16.4. The zero-order valence-electron chi connectivity index (χ0n) is 12.6. The van der Waals surface area contributed by atoms with Gasteiger partial charge >= 0.3 is 0 Å². The second kappa shape index (κ2) is 9.26. The number of furan rings is 1. The van der Waals surface area contributed by atoms with E-state index in [1.54, 1.807) is 13.3 Å². The van der Waals surface area contributed by atoms with Gasteiger partial charge in [0.1, 0.15) is 5.76 Å². The molecular weight excluding hydrogens is 385 g/mol. The summed E-state index contributed by atoms with van der Waals surface area (Å²) in [6, 6.07) is 3.86. The second-order valence-electron chi connectivity index (χ2n) is 4.84. The lowest BCUT2D eigenvalue weighted by molar-refractivity contribution is -0.145. The third-order valence-corrected chi connectivity index (χ3v) is 3.24.